The van der Waals surface area contributed by atoms with E-state index in [0.717, 1.165) is 16.7 Å². The molecule has 32 heavy (non-hydrogen) atoms. The van der Waals surface area contributed by atoms with E-state index in [4.69, 9.17) is 20.8 Å². The number of methoxy groups -OCH3 is 1. The second kappa shape index (κ2) is 8.20. The van der Waals surface area contributed by atoms with Crippen molar-refractivity contribution in [2.75, 3.05) is 12.0 Å². The normalized spacial score (nSPS) is 17.8. The minimum absolute atomic E-state index is 0.0934. The maximum absolute atomic E-state index is 13.2. The molecule has 0 aliphatic carbocycles. The fourth-order valence-electron chi connectivity index (χ4n) is 4.16. The van der Waals surface area contributed by atoms with E-state index < -0.39 is 17.7 Å². The van der Waals surface area contributed by atoms with Gasteiger partial charge in [0.15, 0.2) is 0 Å². The molecule has 4 rings (SSSR count). The molecule has 1 saturated heterocycles. The minimum atomic E-state index is -0.949. The average molecular weight is 452 g/mol. The molecule has 1 aliphatic heterocycles. The predicted molar refractivity (Wildman–Crippen MR) is 122 cm³/mol. The number of Topliss-reactive ketones (excluding diaryl/α,β-unsaturated/α-hetero) is 1. The van der Waals surface area contributed by atoms with E-state index in [1.54, 1.807) is 31.2 Å². The summed E-state index contributed by atoms with van der Waals surface area (Å²) in [7, 11) is 1.42. The molecule has 1 aromatic heterocycles. The first-order chi connectivity index (χ1) is 15.2. The van der Waals surface area contributed by atoms with Crippen molar-refractivity contribution < 1.29 is 23.8 Å². The molecular weight excluding hydrogens is 430 g/mol. The molecule has 0 radical (unpaired) electrons. The van der Waals surface area contributed by atoms with Gasteiger partial charge in [0.05, 0.1) is 29.5 Å². The van der Waals surface area contributed by atoms with Gasteiger partial charge in [0.25, 0.3) is 11.7 Å². The quantitative estimate of drug-likeness (QED) is 0.322. The Balaban J connectivity index is 2.00. The monoisotopic (exact) mass is 451 g/mol. The Morgan fingerprint density at radius 2 is 1.72 bits per heavy atom. The van der Waals surface area contributed by atoms with Crippen LogP contribution in [0.4, 0.5) is 5.69 Å². The number of benzene rings is 2. The standard InChI is InChI=1S/C25H22ClNO5/c1-13-8-14(2)10-16(9-13)27-21(19-6-5-7-32-19)20(23(29)25(27)30)22(28)17-11-15(3)12-18(26)24(17)31-4/h5-12,21,28H,1-4H3/b22-20-. The number of carbonyl (C=O) groups is 2. The van der Waals surface area contributed by atoms with Gasteiger partial charge in [0.2, 0.25) is 0 Å². The molecule has 3 aromatic rings. The first-order valence-electron chi connectivity index (χ1n) is 10.00. The van der Waals surface area contributed by atoms with Crippen LogP contribution in [0, 0.1) is 20.8 Å². The number of hydrogen-bond donors (Lipinski definition) is 1. The number of anilines is 1. The van der Waals surface area contributed by atoms with Crippen molar-refractivity contribution in [1.29, 1.82) is 0 Å². The highest BCUT2D eigenvalue weighted by Gasteiger charge is 2.48. The van der Waals surface area contributed by atoms with Crippen molar-refractivity contribution in [3.63, 3.8) is 0 Å². The number of rotatable bonds is 4. The molecular formula is C25H22ClNO5. The summed E-state index contributed by atoms with van der Waals surface area (Å²) in [6.07, 6.45) is 1.46. The average Bonchev–Trinajstić information content (AvgIpc) is 3.33. The largest absolute Gasteiger partial charge is 0.507 e. The van der Waals surface area contributed by atoms with Crippen molar-refractivity contribution in [3.8, 4) is 5.75 Å². The van der Waals surface area contributed by atoms with Gasteiger partial charge in [0, 0.05) is 5.69 Å². The summed E-state index contributed by atoms with van der Waals surface area (Å²) in [6.45, 7) is 5.63. The highest BCUT2D eigenvalue weighted by atomic mass is 35.5. The number of aryl methyl sites for hydroxylation is 3. The number of aliphatic hydroxyl groups excluding tert-OH is 1. The molecule has 1 N–H and O–H groups in total. The molecule has 1 amide bonds. The summed E-state index contributed by atoms with van der Waals surface area (Å²) in [6, 6.07) is 11.3. The lowest BCUT2D eigenvalue weighted by Crippen LogP contribution is -2.29. The first-order valence-corrected chi connectivity index (χ1v) is 10.4. The van der Waals surface area contributed by atoms with Crippen molar-refractivity contribution in [2.45, 2.75) is 26.8 Å². The molecule has 1 aliphatic rings. The number of hydrogen-bond acceptors (Lipinski definition) is 5. The van der Waals surface area contributed by atoms with Gasteiger partial charge in [-0.3, -0.25) is 14.5 Å². The highest BCUT2D eigenvalue weighted by molar-refractivity contribution is 6.51. The zero-order valence-corrected chi connectivity index (χ0v) is 18.9. The lowest BCUT2D eigenvalue weighted by Gasteiger charge is -2.24. The molecule has 1 unspecified atom stereocenters. The molecule has 164 valence electrons. The summed E-state index contributed by atoms with van der Waals surface area (Å²) in [5.41, 5.74) is 3.31. The molecule has 0 bridgehead atoms. The van der Waals surface area contributed by atoms with Crippen LogP contribution in [0.25, 0.3) is 5.76 Å². The Kier molecular flexibility index (Phi) is 5.57. The van der Waals surface area contributed by atoms with Crippen LogP contribution in [0.3, 0.4) is 0 Å². The number of ketones is 1. The Labute approximate surface area is 190 Å². The number of furan rings is 1. The summed E-state index contributed by atoms with van der Waals surface area (Å²) in [5, 5.41) is 11.6. The molecule has 0 saturated carbocycles. The molecule has 0 spiro atoms. The molecule has 2 heterocycles. The molecule has 1 atom stereocenters. The van der Waals surface area contributed by atoms with Gasteiger partial charge >= 0.3 is 0 Å². The maximum atomic E-state index is 13.2. The zero-order valence-electron chi connectivity index (χ0n) is 18.1. The van der Waals surface area contributed by atoms with Crippen LogP contribution in [-0.2, 0) is 9.59 Å². The zero-order chi connectivity index (χ0) is 23.2. The first kappa shape index (κ1) is 21.7. The SMILES string of the molecule is COc1c(Cl)cc(C)cc1/C(O)=C1/C(=O)C(=O)N(c2cc(C)cc(C)c2)C1c1ccco1. The van der Waals surface area contributed by atoms with Crippen LogP contribution in [0.1, 0.15) is 34.1 Å². The Hall–Kier alpha value is -3.51. The van der Waals surface area contributed by atoms with Crippen LogP contribution >= 0.6 is 11.6 Å². The van der Waals surface area contributed by atoms with E-state index in [1.807, 2.05) is 32.0 Å². The van der Waals surface area contributed by atoms with Crippen molar-refractivity contribution in [2.24, 2.45) is 0 Å². The number of halogens is 1. The van der Waals surface area contributed by atoms with E-state index in [-0.39, 0.29) is 27.7 Å². The van der Waals surface area contributed by atoms with Crippen LogP contribution in [0.2, 0.25) is 5.02 Å². The highest BCUT2D eigenvalue weighted by Crippen LogP contribution is 2.44. The second-order valence-corrected chi connectivity index (χ2v) is 8.27. The van der Waals surface area contributed by atoms with Crippen LogP contribution in [-0.4, -0.2) is 23.9 Å². The van der Waals surface area contributed by atoms with E-state index >= 15 is 0 Å². The minimum Gasteiger partial charge on any atom is -0.507 e. The Morgan fingerprint density at radius 1 is 1.06 bits per heavy atom. The summed E-state index contributed by atoms with van der Waals surface area (Å²) >= 11 is 6.31. The number of carbonyl (C=O) groups excluding carboxylic acids is 2. The van der Waals surface area contributed by atoms with E-state index in [9.17, 15) is 14.7 Å². The van der Waals surface area contributed by atoms with Gasteiger partial charge in [-0.2, -0.15) is 0 Å². The molecule has 2 aromatic carbocycles. The Morgan fingerprint density at radius 3 is 2.31 bits per heavy atom. The van der Waals surface area contributed by atoms with Crippen LogP contribution in [0.5, 0.6) is 5.75 Å². The molecule has 7 heteroatoms. The van der Waals surface area contributed by atoms with Crippen molar-refractivity contribution in [3.05, 3.63) is 87.3 Å². The number of aliphatic hydroxyl groups is 1. The van der Waals surface area contributed by atoms with Gasteiger partial charge in [-0.25, -0.2) is 0 Å². The van der Waals surface area contributed by atoms with Gasteiger partial charge in [-0.15, -0.1) is 0 Å². The van der Waals surface area contributed by atoms with Crippen molar-refractivity contribution >= 4 is 34.7 Å². The van der Waals surface area contributed by atoms with Gasteiger partial charge < -0.3 is 14.3 Å². The maximum Gasteiger partial charge on any atom is 0.300 e. The smallest absolute Gasteiger partial charge is 0.300 e. The van der Waals surface area contributed by atoms with E-state index in [1.165, 1.54) is 18.3 Å². The van der Waals surface area contributed by atoms with Crippen molar-refractivity contribution in [1.82, 2.24) is 0 Å². The van der Waals surface area contributed by atoms with E-state index in [0.29, 0.717) is 11.4 Å². The number of nitrogens with zero attached hydrogens (tertiary/aromatic N) is 1. The third-order valence-electron chi connectivity index (χ3n) is 5.39. The topological polar surface area (TPSA) is 80.0 Å². The third kappa shape index (κ3) is 3.56. The fourth-order valence-corrected chi connectivity index (χ4v) is 4.51. The van der Waals surface area contributed by atoms with Gasteiger partial charge in [0.1, 0.15) is 23.3 Å². The lowest BCUT2D eigenvalue weighted by atomic mass is 9.97. The van der Waals surface area contributed by atoms with Crippen LogP contribution < -0.4 is 9.64 Å². The summed E-state index contributed by atoms with van der Waals surface area (Å²) in [5.74, 6) is -1.38. The van der Waals surface area contributed by atoms with Gasteiger partial charge in [-0.05, 0) is 73.9 Å². The number of amides is 1. The summed E-state index contributed by atoms with van der Waals surface area (Å²) in [4.78, 5) is 27.8. The number of ether oxygens (including phenoxy) is 1. The van der Waals surface area contributed by atoms with Gasteiger partial charge in [-0.1, -0.05) is 17.7 Å². The van der Waals surface area contributed by atoms with Crippen LogP contribution in [0.15, 0.2) is 58.7 Å². The third-order valence-corrected chi connectivity index (χ3v) is 5.67. The fraction of sp³-hybridized carbons (Fsp3) is 0.200. The lowest BCUT2D eigenvalue weighted by molar-refractivity contribution is -0.132. The summed E-state index contributed by atoms with van der Waals surface area (Å²) < 4.78 is 11.0. The Bertz CT molecular complexity index is 1240. The van der Waals surface area contributed by atoms with E-state index in [2.05, 4.69) is 0 Å². The molecule has 6 nitrogen and oxygen atoms in total. The predicted octanol–water partition coefficient (Wildman–Crippen LogP) is 5.49. The second-order valence-electron chi connectivity index (χ2n) is 7.86. The molecule has 1 fully saturated rings.